The van der Waals surface area contributed by atoms with Crippen molar-refractivity contribution < 1.29 is 5.11 Å². The minimum absolute atomic E-state index is 0.326. The number of rotatable bonds is 3. The highest BCUT2D eigenvalue weighted by Gasteiger charge is 2.20. The van der Waals surface area contributed by atoms with Crippen LogP contribution in [0.4, 0.5) is 0 Å². The summed E-state index contributed by atoms with van der Waals surface area (Å²) < 4.78 is 0. The molecule has 0 amide bonds. The van der Waals surface area contributed by atoms with Gasteiger partial charge in [0.25, 0.3) is 0 Å². The molecule has 3 heteroatoms. The molecule has 1 aliphatic heterocycles. The van der Waals surface area contributed by atoms with Crippen molar-refractivity contribution in [3.05, 3.63) is 0 Å². The molecule has 0 bridgehead atoms. The SMILES string of the molecule is CC.CCCN1CCSCC1CO. The highest BCUT2D eigenvalue weighted by atomic mass is 32.2. The van der Waals surface area contributed by atoms with E-state index in [1.54, 1.807) is 0 Å². The molecule has 1 heterocycles. The first-order valence-electron chi connectivity index (χ1n) is 5.31. The van der Waals surface area contributed by atoms with E-state index >= 15 is 0 Å². The Hall–Kier alpha value is 0.270. The number of aliphatic hydroxyl groups excluding tert-OH is 1. The van der Waals surface area contributed by atoms with Crippen LogP contribution in [-0.4, -0.2) is 47.3 Å². The summed E-state index contributed by atoms with van der Waals surface area (Å²) in [5.41, 5.74) is 0. The van der Waals surface area contributed by atoms with Gasteiger partial charge >= 0.3 is 0 Å². The van der Waals surface area contributed by atoms with Gasteiger partial charge in [0.2, 0.25) is 0 Å². The lowest BCUT2D eigenvalue weighted by Gasteiger charge is -2.33. The third kappa shape index (κ3) is 4.89. The second kappa shape index (κ2) is 8.85. The van der Waals surface area contributed by atoms with Crippen molar-refractivity contribution in [1.82, 2.24) is 4.90 Å². The van der Waals surface area contributed by atoms with Crippen LogP contribution in [0.25, 0.3) is 0 Å². The van der Waals surface area contributed by atoms with Gasteiger partial charge in [0.05, 0.1) is 6.61 Å². The topological polar surface area (TPSA) is 23.5 Å². The molecule has 1 fully saturated rings. The Kier molecular flexibility index (Phi) is 9.03. The van der Waals surface area contributed by atoms with E-state index in [1.165, 1.54) is 12.2 Å². The fourth-order valence-corrected chi connectivity index (χ4v) is 2.56. The van der Waals surface area contributed by atoms with Crippen LogP contribution in [0.5, 0.6) is 0 Å². The fraction of sp³-hybridized carbons (Fsp3) is 1.00. The van der Waals surface area contributed by atoms with Crippen LogP contribution in [-0.2, 0) is 0 Å². The van der Waals surface area contributed by atoms with Crippen molar-refractivity contribution in [2.45, 2.75) is 33.2 Å². The highest BCUT2D eigenvalue weighted by molar-refractivity contribution is 7.99. The van der Waals surface area contributed by atoms with Crippen molar-refractivity contribution in [1.29, 1.82) is 0 Å². The van der Waals surface area contributed by atoms with Gasteiger partial charge in [-0.15, -0.1) is 0 Å². The molecule has 80 valence electrons. The molecule has 1 rings (SSSR count). The van der Waals surface area contributed by atoms with Crippen LogP contribution < -0.4 is 0 Å². The maximum atomic E-state index is 9.03. The number of hydrogen-bond donors (Lipinski definition) is 1. The van der Waals surface area contributed by atoms with Gasteiger partial charge in [-0.2, -0.15) is 11.8 Å². The van der Waals surface area contributed by atoms with Crippen LogP contribution in [0.15, 0.2) is 0 Å². The monoisotopic (exact) mass is 205 g/mol. The smallest absolute Gasteiger partial charge is 0.0594 e. The van der Waals surface area contributed by atoms with Gasteiger partial charge in [0.1, 0.15) is 0 Å². The standard InChI is InChI=1S/C8H17NOS.C2H6/c1-2-3-9-4-5-11-7-8(9)6-10;1-2/h8,10H,2-7H2,1H3;1-2H3. The lowest BCUT2D eigenvalue weighted by Crippen LogP contribution is -2.44. The zero-order valence-electron chi connectivity index (χ0n) is 9.12. The lowest BCUT2D eigenvalue weighted by atomic mass is 10.2. The molecular formula is C10H23NOS. The molecule has 1 N–H and O–H groups in total. The molecule has 0 aromatic carbocycles. The van der Waals surface area contributed by atoms with Crippen LogP contribution in [0.2, 0.25) is 0 Å². The summed E-state index contributed by atoms with van der Waals surface area (Å²) in [6.45, 7) is 8.82. The first-order valence-corrected chi connectivity index (χ1v) is 6.46. The molecule has 0 aromatic rings. The largest absolute Gasteiger partial charge is 0.395 e. The lowest BCUT2D eigenvalue weighted by molar-refractivity contribution is 0.140. The van der Waals surface area contributed by atoms with Gasteiger partial charge in [0.15, 0.2) is 0 Å². The average molecular weight is 205 g/mol. The van der Waals surface area contributed by atoms with Crippen LogP contribution >= 0.6 is 11.8 Å². The van der Waals surface area contributed by atoms with Crippen molar-refractivity contribution in [3.8, 4) is 0 Å². The molecule has 1 saturated heterocycles. The van der Waals surface area contributed by atoms with E-state index in [-0.39, 0.29) is 0 Å². The maximum absolute atomic E-state index is 9.03. The van der Waals surface area contributed by atoms with Gasteiger partial charge in [-0.1, -0.05) is 20.8 Å². The van der Waals surface area contributed by atoms with Gasteiger partial charge < -0.3 is 5.11 Å². The molecule has 1 atom stereocenters. The Morgan fingerprint density at radius 2 is 2.15 bits per heavy atom. The van der Waals surface area contributed by atoms with Crippen LogP contribution in [0, 0.1) is 0 Å². The molecular weight excluding hydrogens is 182 g/mol. The summed E-state index contributed by atoms with van der Waals surface area (Å²) in [5, 5.41) is 9.03. The van der Waals surface area contributed by atoms with Gasteiger partial charge in [-0.05, 0) is 13.0 Å². The third-order valence-electron chi connectivity index (χ3n) is 2.07. The molecule has 0 aromatic heterocycles. The molecule has 0 aliphatic carbocycles. The first kappa shape index (κ1) is 13.3. The second-order valence-electron chi connectivity index (χ2n) is 2.95. The van der Waals surface area contributed by atoms with Gasteiger partial charge in [0, 0.05) is 24.1 Å². The molecule has 0 spiro atoms. The predicted molar refractivity (Wildman–Crippen MR) is 61.4 cm³/mol. The number of aliphatic hydroxyl groups is 1. The Labute approximate surface area is 86.7 Å². The molecule has 13 heavy (non-hydrogen) atoms. The van der Waals surface area contributed by atoms with E-state index in [4.69, 9.17) is 5.11 Å². The van der Waals surface area contributed by atoms with Crippen LogP contribution in [0.1, 0.15) is 27.2 Å². The Morgan fingerprint density at radius 1 is 1.46 bits per heavy atom. The third-order valence-corrected chi connectivity index (χ3v) is 3.16. The molecule has 1 unspecified atom stereocenters. The summed E-state index contributed by atoms with van der Waals surface area (Å²) in [5.74, 6) is 2.34. The normalized spacial score (nSPS) is 23.5. The summed E-state index contributed by atoms with van der Waals surface area (Å²) in [4.78, 5) is 2.40. The maximum Gasteiger partial charge on any atom is 0.0594 e. The van der Waals surface area contributed by atoms with Crippen molar-refractivity contribution in [3.63, 3.8) is 0 Å². The second-order valence-corrected chi connectivity index (χ2v) is 4.10. The fourth-order valence-electron chi connectivity index (χ4n) is 1.44. The van der Waals surface area contributed by atoms with Gasteiger partial charge in [-0.3, -0.25) is 4.90 Å². The summed E-state index contributed by atoms with van der Waals surface area (Å²) >= 11 is 1.96. The Bertz CT molecular complexity index is 109. The minimum atomic E-state index is 0.326. The number of nitrogens with zero attached hydrogens (tertiary/aromatic N) is 1. The summed E-state index contributed by atoms with van der Waals surface area (Å²) in [6, 6.07) is 0.425. The predicted octanol–water partition coefficient (Wildman–Crippen LogP) is 1.83. The minimum Gasteiger partial charge on any atom is -0.395 e. The van der Waals surface area contributed by atoms with Crippen molar-refractivity contribution in [2.24, 2.45) is 0 Å². The molecule has 0 radical (unpaired) electrons. The highest BCUT2D eigenvalue weighted by Crippen LogP contribution is 2.15. The number of hydrogen-bond acceptors (Lipinski definition) is 3. The van der Waals surface area contributed by atoms with E-state index in [0.29, 0.717) is 12.6 Å². The molecule has 1 aliphatic rings. The van der Waals surface area contributed by atoms with Crippen molar-refractivity contribution in [2.75, 3.05) is 31.2 Å². The summed E-state index contributed by atoms with van der Waals surface area (Å²) in [6.07, 6.45) is 1.20. The van der Waals surface area contributed by atoms with E-state index in [0.717, 1.165) is 18.8 Å². The first-order chi connectivity index (χ1) is 6.38. The van der Waals surface area contributed by atoms with Gasteiger partial charge in [-0.25, -0.2) is 0 Å². The zero-order valence-corrected chi connectivity index (χ0v) is 9.94. The van der Waals surface area contributed by atoms with E-state index < -0.39 is 0 Å². The quantitative estimate of drug-likeness (QED) is 0.760. The van der Waals surface area contributed by atoms with E-state index in [1.807, 2.05) is 25.6 Å². The summed E-state index contributed by atoms with van der Waals surface area (Å²) in [7, 11) is 0. The Morgan fingerprint density at radius 3 is 2.69 bits per heavy atom. The average Bonchev–Trinajstić information content (AvgIpc) is 2.22. The van der Waals surface area contributed by atoms with Crippen LogP contribution in [0.3, 0.4) is 0 Å². The van der Waals surface area contributed by atoms with E-state index in [2.05, 4.69) is 11.8 Å². The molecule has 2 nitrogen and oxygen atoms in total. The van der Waals surface area contributed by atoms with E-state index in [9.17, 15) is 0 Å². The molecule has 0 saturated carbocycles. The number of thioether (sulfide) groups is 1. The zero-order chi connectivity index (χ0) is 10.1. The van der Waals surface area contributed by atoms with Crippen molar-refractivity contribution >= 4 is 11.8 Å². The Balaban J connectivity index is 0.000000671.